The molecule has 0 unspecified atom stereocenters. The summed E-state index contributed by atoms with van der Waals surface area (Å²) in [6, 6.07) is 9.47. The highest BCUT2D eigenvalue weighted by Gasteiger charge is 2.45. The molecule has 7 nitrogen and oxygen atoms in total. The predicted octanol–water partition coefficient (Wildman–Crippen LogP) is 3.05. The summed E-state index contributed by atoms with van der Waals surface area (Å²) in [6.07, 6.45) is 3.03. The van der Waals surface area contributed by atoms with Gasteiger partial charge in [-0.25, -0.2) is 0 Å². The standard InChI is InChI=1S/C21H21NO6/c1-26-14-8-6-13(7-9-14)18-17(19(23)16-5-3-11-28-16)20(24)21(25)22(18)12-15-4-2-10-27-15/h3,5-9,11,15,18,24H,2,4,10,12H2,1H3/t15-,18+/m1/s1. The Balaban J connectivity index is 1.74. The van der Waals surface area contributed by atoms with Gasteiger partial charge in [0.15, 0.2) is 11.5 Å². The summed E-state index contributed by atoms with van der Waals surface area (Å²) in [5, 5.41) is 10.6. The Hall–Kier alpha value is -3.06. The van der Waals surface area contributed by atoms with Crippen molar-refractivity contribution in [2.45, 2.75) is 25.0 Å². The Kier molecular flexibility index (Phi) is 4.92. The number of ether oxygens (including phenoxy) is 2. The van der Waals surface area contributed by atoms with Crippen LogP contribution >= 0.6 is 0 Å². The maximum Gasteiger partial charge on any atom is 0.290 e. The van der Waals surface area contributed by atoms with Crippen molar-refractivity contribution >= 4 is 11.7 Å². The maximum atomic E-state index is 13.0. The van der Waals surface area contributed by atoms with Gasteiger partial charge in [-0.15, -0.1) is 0 Å². The van der Waals surface area contributed by atoms with Gasteiger partial charge in [-0.05, 0) is 42.7 Å². The lowest BCUT2D eigenvalue weighted by Gasteiger charge is -2.28. The van der Waals surface area contributed by atoms with Gasteiger partial charge in [0.1, 0.15) is 5.75 Å². The minimum atomic E-state index is -0.722. The van der Waals surface area contributed by atoms with Gasteiger partial charge in [0.05, 0.1) is 31.1 Å². The first kappa shape index (κ1) is 18.3. The summed E-state index contributed by atoms with van der Waals surface area (Å²) in [7, 11) is 1.56. The Morgan fingerprint density at radius 1 is 1.29 bits per heavy atom. The molecule has 1 saturated heterocycles. The first-order valence-corrected chi connectivity index (χ1v) is 9.18. The molecule has 1 aromatic carbocycles. The van der Waals surface area contributed by atoms with Gasteiger partial charge in [-0.1, -0.05) is 12.1 Å². The fourth-order valence-electron chi connectivity index (χ4n) is 3.75. The Labute approximate surface area is 162 Å². The average molecular weight is 383 g/mol. The van der Waals surface area contributed by atoms with Crippen LogP contribution in [0.5, 0.6) is 5.75 Å². The van der Waals surface area contributed by atoms with Crippen molar-refractivity contribution < 1.29 is 28.6 Å². The molecule has 3 heterocycles. The molecule has 0 saturated carbocycles. The minimum absolute atomic E-state index is 0.0168. The second kappa shape index (κ2) is 7.52. The molecule has 1 amide bonds. The number of ketones is 1. The Morgan fingerprint density at radius 2 is 2.07 bits per heavy atom. The quantitative estimate of drug-likeness (QED) is 0.772. The van der Waals surface area contributed by atoms with Gasteiger partial charge in [0.25, 0.3) is 5.91 Å². The number of Topliss-reactive ketones (excluding diaryl/α,β-unsaturated/α-hetero) is 1. The highest BCUT2D eigenvalue weighted by molar-refractivity contribution is 6.15. The van der Waals surface area contributed by atoms with Crippen LogP contribution < -0.4 is 4.74 Å². The van der Waals surface area contributed by atoms with E-state index in [-0.39, 0.29) is 17.4 Å². The topological polar surface area (TPSA) is 89.2 Å². The van der Waals surface area contributed by atoms with Crippen LogP contribution in [0.3, 0.4) is 0 Å². The lowest BCUT2D eigenvalue weighted by Crippen LogP contribution is -2.37. The smallest absolute Gasteiger partial charge is 0.290 e. The van der Waals surface area contributed by atoms with Crippen LogP contribution in [0.25, 0.3) is 0 Å². The number of methoxy groups -OCH3 is 1. The van der Waals surface area contributed by atoms with Gasteiger partial charge in [-0.2, -0.15) is 0 Å². The molecule has 2 atom stereocenters. The molecular weight excluding hydrogens is 362 g/mol. The number of aliphatic hydroxyl groups excluding tert-OH is 1. The number of nitrogens with zero attached hydrogens (tertiary/aromatic N) is 1. The van der Waals surface area contributed by atoms with Crippen LogP contribution in [0.4, 0.5) is 0 Å². The molecule has 0 spiro atoms. The van der Waals surface area contributed by atoms with Crippen LogP contribution in [0, 0.1) is 0 Å². The zero-order valence-electron chi connectivity index (χ0n) is 15.5. The summed E-state index contributed by atoms with van der Waals surface area (Å²) < 4.78 is 16.1. The molecule has 28 heavy (non-hydrogen) atoms. The Morgan fingerprint density at radius 3 is 2.68 bits per heavy atom. The lowest BCUT2D eigenvalue weighted by molar-refractivity contribution is -0.131. The summed E-state index contributed by atoms with van der Waals surface area (Å²) >= 11 is 0. The summed E-state index contributed by atoms with van der Waals surface area (Å²) in [5.74, 6) is -0.893. The third-order valence-corrected chi connectivity index (χ3v) is 5.15. The molecule has 1 N–H and O–H groups in total. The van der Waals surface area contributed by atoms with Crippen molar-refractivity contribution in [2.24, 2.45) is 0 Å². The largest absolute Gasteiger partial charge is 0.503 e. The van der Waals surface area contributed by atoms with E-state index in [1.54, 1.807) is 37.4 Å². The van der Waals surface area contributed by atoms with Crippen molar-refractivity contribution in [1.82, 2.24) is 4.90 Å². The van der Waals surface area contributed by atoms with Crippen molar-refractivity contribution in [3.63, 3.8) is 0 Å². The number of amides is 1. The van der Waals surface area contributed by atoms with Crippen LogP contribution in [0.2, 0.25) is 0 Å². The molecule has 0 aliphatic carbocycles. The van der Waals surface area contributed by atoms with Gasteiger partial charge in [0, 0.05) is 13.2 Å². The highest BCUT2D eigenvalue weighted by atomic mass is 16.5. The number of rotatable bonds is 6. The molecule has 0 radical (unpaired) electrons. The number of hydrogen-bond donors (Lipinski definition) is 1. The van der Waals surface area contributed by atoms with E-state index < -0.39 is 23.5 Å². The van der Waals surface area contributed by atoms with Crippen LogP contribution in [0.1, 0.15) is 35.0 Å². The molecule has 2 aliphatic heterocycles. The van der Waals surface area contributed by atoms with Crippen molar-refractivity contribution in [2.75, 3.05) is 20.3 Å². The number of furan rings is 1. The van der Waals surface area contributed by atoms with E-state index >= 15 is 0 Å². The number of benzene rings is 1. The fourth-order valence-corrected chi connectivity index (χ4v) is 3.75. The van der Waals surface area contributed by atoms with Crippen LogP contribution in [0.15, 0.2) is 58.4 Å². The summed E-state index contributed by atoms with van der Waals surface area (Å²) in [6.45, 7) is 0.950. The van der Waals surface area contributed by atoms with E-state index in [4.69, 9.17) is 13.9 Å². The fraction of sp³-hybridized carbons (Fsp3) is 0.333. The van der Waals surface area contributed by atoms with Gasteiger partial charge in [0.2, 0.25) is 5.78 Å². The molecule has 1 aromatic heterocycles. The molecule has 0 bridgehead atoms. The third kappa shape index (κ3) is 3.18. The first-order valence-electron chi connectivity index (χ1n) is 9.18. The first-order chi connectivity index (χ1) is 13.6. The Bertz CT molecular complexity index is 893. The lowest BCUT2D eigenvalue weighted by atomic mass is 9.95. The normalized spacial score (nSPS) is 22.2. The molecule has 2 aromatic rings. The zero-order chi connectivity index (χ0) is 19.7. The second-order valence-electron chi connectivity index (χ2n) is 6.84. The van der Waals surface area contributed by atoms with E-state index in [2.05, 4.69) is 0 Å². The van der Waals surface area contributed by atoms with E-state index in [0.29, 0.717) is 24.5 Å². The van der Waals surface area contributed by atoms with E-state index in [1.807, 2.05) is 0 Å². The molecule has 7 heteroatoms. The number of aliphatic hydroxyl groups is 1. The molecule has 1 fully saturated rings. The van der Waals surface area contributed by atoms with E-state index in [9.17, 15) is 14.7 Å². The zero-order valence-corrected chi connectivity index (χ0v) is 15.5. The molecule has 146 valence electrons. The number of hydrogen-bond acceptors (Lipinski definition) is 6. The maximum absolute atomic E-state index is 13.0. The minimum Gasteiger partial charge on any atom is -0.503 e. The van der Waals surface area contributed by atoms with Crippen LogP contribution in [-0.4, -0.2) is 48.1 Å². The van der Waals surface area contributed by atoms with Gasteiger partial charge < -0.3 is 23.9 Å². The molecule has 4 rings (SSSR count). The van der Waals surface area contributed by atoms with Crippen molar-refractivity contribution in [3.8, 4) is 5.75 Å². The predicted molar refractivity (Wildman–Crippen MR) is 99.1 cm³/mol. The molecule has 2 aliphatic rings. The van der Waals surface area contributed by atoms with Gasteiger partial charge in [-0.3, -0.25) is 9.59 Å². The summed E-state index contributed by atoms with van der Waals surface area (Å²) in [4.78, 5) is 27.3. The second-order valence-corrected chi connectivity index (χ2v) is 6.84. The highest BCUT2D eigenvalue weighted by Crippen LogP contribution is 2.40. The van der Waals surface area contributed by atoms with Crippen molar-refractivity contribution in [1.29, 1.82) is 0 Å². The SMILES string of the molecule is COc1ccc([C@H]2C(C(=O)c3ccco3)=C(O)C(=O)N2C[C@H]2CCCO2)cc1. The average Bonchev–Trinajstić information content (AvgIpc) is 3.46. The number of carbonyl (C=O) groups is 2. The van der Waals surface area contributed by atoms with E-state index in [1.165, 1.54) is 17.2 Å². The summed E-state index contributed by atoms with van der Waals surface area (Å²) in [5.41, 5.74) is 0.717. The monoisotopic (exact) mass is 383 g/mol. The number of carbonyl (C=O) groups excluding carboxylic acids is 2. The van der Waals surface area contributed by atoms with Crippen molar-refractivity contribution in [3.05, 3.63) is 65.3 Å². The third-order valence-electron chi connectivity index (χ3n) is 5.15. The molecular formula is C21H21NO6. The van der Waals surface area contributed by atoms with Gasteiger partial charge >= 0.3 is 0 Å². The van der Waals surface area contributed by atoms with Crippen LogP contribution in [-0.2, 0) is 9.53 Å². The van der Waals surface area contributed by atoms with E-state index in [0.717, 1.165) is 12.8 Å².